The maximum atomic E-state index is 9.18. The highest BCUT2D eigenvalue weighted by molar-refractivity contribution is 6.37. The number of hydrogen-bond donors (Lipinski definition) is 3. The van der Waals surface area contributed by atoms with E-state index in [1.807, 2.05) is 0 Å². The van der Waals surface area contributed by atoms with Crippen LogP contribution in [0.4, 0.5) is 11.6 Å². The Morgan fingerprint density at radius 1 is 1.31 bits per heavy atom. The molecule has 1 heterocycles. The normalized spacial score (nSPS) is 23.8. The van der Waals surface area contributed by atoms with Crippen LogP contribution in [0.5, 0.6) is 0 Å². The number of rotatable bonds is 3. The Bertz CT molecular complexity index is 394. The molecule has 1 aliphatic carbocycles. The highest BCUT2D eigenvalue weighted by atomic mass is 35.5. The average Bonchev–Trinajstić information content (AvgIpc) is 2.19. The topological polar surface area (TPSA) is 57.2 Å². The lowest BCUT2D eigenvalue weighted by atomic mass is 9.89. The molecule has 1 fully saturated rings. The number of nitrogens with zero attached hydrogens (tertiary/aromatic N) is 1. The monoisotopic (exact) mass is 261 g/mol. The largest absolute Gasteiger partial charge is 0.393 e. The predicted octanol–water partition coefficient (Wildman–Crippen LogP) is 2.37. The number of pyridine rings is 1. The van der Waals surface area contributed by atoms with E-state index in [1.165, 1.54) is 0 Å². The first kappa shape index (κ1) is 11.8. The molecule has 0 aliphatic heterocycles. The zero-order chi connectivity index (χ0) is 11.7. The van der Waals surface area contributed by atoms with E-state index >= 15 is 0 Å². The van der Waals surface area contributed by atoms with Gasteiger partial charge in [-0.3, -0.25) is 0 Å². The van der Waals surface area contributed by atoms with E-state index in [0.29, 0.717) is 21.7 Å². The van der Waals surface area contributed by atoms with Crippen molar-refractivity contribution in [1.29, 1.82) is 0 Å². The summed E-state index contributed by atoms with van der Waals surface area (Å²) in [7, 11) is 1.75. The Morgan fingerprint density at radius 3 is 2.50 bits per heavy atom. The molecular weight excluding hydrogens is 249 g/mol. The summed E-state index contributed by atoms with van der Waals surface area (Å²) in [6.45, 7) is 0. The molecular formula is C10H13Cl2N3O. The van der Waals surface area contributed by atoms with Crippen molar-refractivity contribution in [3.05, 3.63) is 16.1 Å². The van der Waals surface area contributed by atoms with E-state index in [4.69, 9.17) is 23.2 Å². The molecule has 2 rings (SSSR count). The molecule has 0 saturated heterocycles. The van der Waals surface area contributed by atoms with Crippen LogP contribution in [0.2, 0.25) is 10.0 Å². The zero-order valence-electron chi connectivity index (χ0n) is 8.80. The summed E-state index contributed by atoms with van der Waals surface area (Å²) in [4.78, 5) is 4.27. The van der Waals surface area contributed by atoms with Gasteiger partial charge in [-0.25, -0.2) is 4.98 Å². The molecule has 1 aromatic rings. The van der Waals surface area contributed by atoms with Gasteiger partial charge in [0.1, 0.15) is 11.6 Å². The van der Waals surface area contributed by atoms with E-state index in [-0.39, 0.29) is 12.1 Å². The summed E-state index contributed by atoms with van der Waals surface area (Å²) in [5.74, 6) is 1.20. The molecule has 1 aromatic heterocycles. The molecule has 16 heavy (non-hydrogen) atoms. The second kappa shape index (κ2) is 4.65. The smallest absolute Gasteiger partial charge is 0.147 e. The van der Waals surface area contributed by atoms with Gasteiger partial charge in [0.2, 0.25) is 0 Å². The molecule has 88 valence electrons. The molecule has 4 nitrogen and oxygen atoms in total. The Kier molecular flexibility index (Phi) is 3.42. The number of halogens is 2. The molecule has 0 aromatic carbocycles. The minimum Gasteiger partial charge on any atom is -0.393 e. The number of anilines is 2. The van der Waals surface area contributed by atoms with Crippen LogP contribution in [0.3, 0.4) is 0 Å². The number of hydrogen-bond acceptors (Lipinski definition) is 4. The van der Waals surface area contributed by atoms with Crippen molar-refractivity contribution in [3.63, 3.8) is 0 Å². The Balaban J connectivity index is 2.13. The van der Waals surface area contributed by atoms with Crippen molar-refractivity contribution in [2.45, 2.75) is 25.0 Å². The van der Waals surface area contributed by atoms with Crippen molar-refractivity contribution in [3.8, 4) is 0 Å². The average molecular weight is 262 g/mol. The van der Waals surface area contributed by atoms with Crippen LogP contribution in [0.1, 0.15) is 12.8 Å². The summed E-state index contributed by atoms with van der Waals surface area (Å²) in [5, 5.41) is 16.2. The van der Waals surface area contributed by atoms with E-state index in [2.05, 4.69) is 15.6 Å². The Morgan fingerprint density at radius 2 is 1.94 bits per heavy atom. The fourth-order valence-corrected chi connectivity index (χ4v) is 2.15. The van der Waals surface area contributed by atoms with Gasteiger partial charge < -0.3 is 15.7 Å². The second-order valence-corrected chi connectivity index (χ2v) is 4.68. The zero-order valence-corrected chi connectivity index (χ0v) is 10.3. The van der Waals surface area contributed by atoms with Gasteiger partial charge in [0.25, 0.3) is 0 Å². The maximum absolute atomic E-state index is 9.18. The van der Waals surface area contributed by atoms with Crippen molar-refractivity contribution < 1.29 is 5.11 Å². The van der Waals surface area contributed by atoms with Gasteiger partial charge in [-0.05, 0) is 18.9 Å². The molecule has 0 unspecified atom stereocenters. The lowest BCUT2D eigenvalue weighted by molar-refractivity contribution is 0.0835. The lowest BCUT2D eigenvalue weighted by Crippen LogP contribution is -2.39. The van der Waals surface area contributed by atoms with Crippen molar-refractivity contribution >= 4 is 34.8 Å². The Labute approximate surface area is 104 Å². The van der Waals surface area contributed by atoms with Gasteiger partial charge in [0.05, 0.1) is 16.1 Å². The molecule has 0 amide bonds. The van der Waals surface area contributed by atoms with Crippen molar-refractivity contribution in [1.82, 2.24) is 4.98 Å². The van der Waals surface area contributed by atoms with E-state index in [9.17, 15) is 5.11 Å². The van der Waals surface area contributed by atoms with Gasteiger partial charge in [-0.1, -0.05) is 23.2 Å². The van der Waals surface area contributed by atoms with Gasteiger partial charge in [-0.15, -0.1) is 0 Å². The van der Waals surface area contributed by atoms with Gasteiger partial charge in [0, 0.05) is 13.1 Å². The van der Waals surface area contributed by atoms with Crippen LogP contribution < -0.4 is 10.6 Å². The van der Waals surface area contributed by atoms with Crippen molar-refractivity contribution in [2.24, 2.45) is 0 Å². The Hall–Kier alpha value is -0.710. The summed E-state index contributed by atoms with van der Waals surface area (Å²) in [6, 6.07) is 1.89. The first-order valence-electron chi connectivity index (χ1n) is 5.08. The quantitative estimate of drug-likeness (QED) is 0.782. The first-order chi connectivity index (χ1) is 7.60. The van der Waals surface area contributed by atoms with Crippen LogP contribution in [0.15, 0.2) is 6.07 Å². The highest BCUT2D eigenvalue weighted by Crippen LogP contribution is 2.31. The molecule has 0 bridgehead atoms. The van der Waals surface area contributed by atoms with Crippen LogP contribution >= 0.6 is 23.2 Å². The van der Waals surface area contributed by atoms with E-state index < -0.39 is 0 Å². The van der Waals surface area contributed by atoms with E-state index in [0.717, 1.165) is 12.8 Å². The maximum Gasteiger partial charge on any atom is 0.147 e. The van der Waals surface area contributed by atoms with Gasteiger partial charge >= 0.3 is 0 Å². The predicted molar refractivity (Wildman–Crippen MR) is 66.5 cm³/mol. The van der Waals surface area contributed by atoms with Crippen LogP contribution in [-0.4, -0.2) is 29.3 Å². The molecule has 6 heteroatoms. The first-order valence-corrected chi connectivity index (χ1v) is 5.84. The third kappa shape index (κ3) is 2.34. The molecule has 3 N–H and O–H groups in total. The standard InChI is InChI=1S/C10H13Cl2N3O/c1-13-9-7(11)4-8(12)10(15-9)14-5-2-6(16)3-5/h4-6,16H,2-3H2,1H3,(H2,13,14,15). The molecule has 1 aliphatic rings. The SMILES string of the molecule is CNc1nc(NC2CC(O)C2)c(Cl)cc1Cl. The van der Waals surface area contributed by atoms with Gasteiger partial charge in [-0.2, -0.15) is 0 Å². The number of aliphatic hydroxyl groups is 1. The van der Waals surface area contributed by atoms with Crippen molar-refractivity contribution in [2.75, 3.05) is 17.7 Å². The molecule has 1 saturated carbocycles. The van der Waals surface area contributed by atoms with Crippen LogP contribution in [0.25, 0.3) is 0 Å². The van der Waals surface area contributed by atoms with Crippen LogP contribution in [-0.2, 0) is 0 Å². The minimum absolute atomic E-state index is 0.202. The highest BCUT2D eigenvalue weighted by Gasteiger charge is 2.27. The van der Waals surface area contributed by atoms with Gasteiger partial charge in [0.15, 0.2) is 0 Å². The fraction of sp³-hybridized carbons (Fsp3) is 0.500. The summed E-state index contributed by atoms with van der Waals surface area (Å²) in [5.41, 5.74) is 0. The lowest BCUT2D eigenvalue weighted by Gasteiger charge is -2.32. The number of aliphatic hydroxyl groups excluding tert-OH is 1. The number of nitrogens with one attached hydrogen (secondary N) is 2. The molecule has 0 radical (unpaired) electrons. The fourth-order valence-electron chi connectivity index (χ4n) is 1.64. The summed E-state index contributed by atoms with van der Waals surface area (Å²) < 4.78 is 0. The third-order valence-corrected chi connectivity index (χ3v) is 3.20. The summed E-state index contributed by atoms with van der Waals surface area (Å²) >= 11 is 12.0. The summed E-state index contributed by atoms with van der Waals surface area (Å²) in [6.07, 6.45) is 1.26. The second-order valence-electron chi connectivity index (χ2n) is 3.87. The molecule has 0 atom stereocenters. The van der Waals surface area contributed by atoms with E-state index in [1.54, 1.807) is 13.1 Å². The molecule has 0 spiro atoms. The minimum atomic E-state index is -0.202. The third-order valence-electron chi connectivity index (χ3n) is 2.62. The van der Waals surface area contributed by atoms with Crippen LogP contribution in [0, 0.1) is 0 Å². The number of aromatic nitrogens is 1.